The summed E-state index contributed by atoms with van der Waals surface area (Å²) in [5.41, 5.74) is 0. The number of nitrogens with zero attached hydrogens (tertiary/aromatic N) is 1. The molecule has 0 unspecified atom stereocenters. The number of nitrogens with one attached hydrogen (secondary N) is 1. The number of hydrogen-bond acceptors (Lipinski definition) is 4. The Labute approximate surface area is 115 Å². The minimum atomic E-state index is -1.20. The molecule has 2 rings (SSSR count). The summed E-state index contributed by atoms with van der Waals surface area (Å²) < 4.78 is 0. The normalized spacial score (nSPS) is 21.9. The van der Waals surface area contributed by atoms with E-state index in [1.807, 2.05) is 0 Å². The van der Waals surface area contributed by atoms with E-state index < -0.39 is 17.8 Å². The zero-order valence-corrected chi connectivity index (χ0v) is 10.8. The molecule has 0 spiro atoms. The molecular weight excluding hydrogens is 268 g/mol. The van der Waals surface area contributed by atoms with E-state index in [9.17, 15) is 14.7 Å². The van der Waals surface area contributed by atoms with Gasteiger partial charge in [0, 0.05) is 18.1 Å². The largest absolute Gasteiger partial charge is 0.550 e. The topological polar surface area (TPSA) is 82.1 Å². The average Bonchev–Trinajstić information content (AvgIpc) is 2.41. The molecule has 1 aromatic heterocycles. The molecule has 0 saturated carbocycles. The predicted octanol–water partition coefficient (Wildman–Crippen LogP) is 1.01. The van der Waals surface area contributed by atoms with Crippen LogP contribution in [0.1, 0.15) is 12.8 Å². The van der Waals surface area contributed by atoms with Crippen molar-refractivity contribution in [2.24, 2.45) is 11.8 Å². The van der Waals surface area contributed by atoms with Gasteiger partial charge in [0.15, 0.2) is 0 Å². The molecule has 0 aromatic carbocycles. The summed E-state index contributed by atoms with van der Waals surface area (Å²) in [7, 11) is 0. The van der Waals surface area contributed by atoms with Gasteiger partial charge in [-0.15, -0.1) is 0 Å². The van der Waals surface area contributed by atoms with Crippen LogP contribution in [0.4, 0.5) is 5.82 Å². The molecule has 0 fully saturated rings. The van der Waals surface area contributed by atoms with Crippen molar-refractivity contribution in [3.05, 3.63) is 35.5 Å². The van der Waals surface area contributed by atoms with Gasteiger partial charge in [0.1, 0.15) is 5.82 Å². The highest BCUT2D eigenvalue weighted by Crippen LogP contribution is 2.26. The van der Waals surface area contributed by atoms with Crippen LogP contribution in [0.15, 0.2) is 30.5 Å². The molecular formula is C13H12ClN2O3-. The van der Waals surface area contributed by atoms with E-state index in [0.29, 0.717) is 23.7 Å². The lowest BCUT2D eigenvalue weighted by Gasteiger charge is -2.28. The minimum Gasteiger partial charge on any atom is -0.550 e. The summed E-state index contributed by atoms with van der Waals surface area (Å²) >= 11 is 5.69. The fourth-order valence-electron chi connectivity index (χ4n) is 2.03. The Morgan fingerprint density at radius 3 is 2.53 bits per heavy atom. The third-order valence-electron chi connectivity index (χ3n) is 3.05. The molecule has 1 aliphatic rings. The van der Waals surface area contributed by atoms with Crippen LogP contribution < -0.4 is 10.4 Å². The van der Waals surface area contributed by atoms with Crippen molar-refractivity contribution in [2.45, 2.75) is 12.8 Å². The van der Waals surface area contributed by atoms with Crippen molar-refractivity contribution in [3.63, 3.8) is 0 Å². The van der Waals surface area contributed by atoms with E-state index >= 15 is 0 Å². The number of carboxylic acids is 1. The second kappa shape index (κ2) is 5.84. The molecule has 0 aliphatic heterocycles. The fourth-order valence-corrected chi connectivity index (χ4v) is 2.14. The Morgan fingerprint density at radius 1 is 1.26 bits per heavy atom. The quantitative estimate of drug-likeness (QED) is 0.837. The number of rotatable bonds is 3. The molecule has 0 saturated heterocycles. The van der Waals surface area contributed by atoms with Gasteiger partial charge in [-0.05, 0) is 25.0 Å². The lowest BCUT2D eigenvalue weighted by atomic mass is 9.82. The summed E-state index contributed by atoms with van der Waals surface area (Å²) in [6.45, 7) is 0. The maximum absolute atomic E-state index is 12.1. The van der Waals surface area contributed by atoms with Crippen LogP contribution in [0.2, 0.25) is 5.02 Å². The lowest BCUT2D eigenvalue weighted by Crippen LogP contribution is -2.41. The van der Waals surface area contributed by atoms with Crippen LogP contribution >= 0.6 is 11.6 Å². The summed E-state index contributed by atoms with van der Waals surface area (Å²) in [5.74, 6) is -2.65. The molecule has 6 heteroatoms. The maximum Gasteiger partial charge on any atom is 0.229 e. The number of aliphatic carboxylic acids is 1. The Balaban J connectivity index is 2.08. The van der Waals surface area contributed by atoms with Gasteiger partial charge < -0.3 is 15.2 Å². The highest BCUT2D eigenvalue weighted by atomic mass is 35.5. The van der Waals surface area contributed by atoms with E-state index in [1.54, 1.807) is 24.3 Å². The van der Waals surface area contributed by atoms with Crippen molar-refractivity contribution in [1.82, 2.24) is 4.98 Å². The van der Waals surface area contributed by atoms with Gasteiger partial charge in [-0.25, -0.2) is 4.98 Å². The number of pyridine rings is 1. The standard InChI is InChI=1S/C13H13ClN2O3/c14-8-5-6-11(15-7-8)16-12(17)9-3-1-2-4-10(9)13(18)19/h1-2,5-7,9-10H,3-4H2,(H,18,19)(H,15,16,17)/p-1/t9-,10+/m0/s1. The Kier molecular flexibility index (Phi) is 4.16. The van der Waals surface area contributed by atoms with Crippen molar-refractivity contribution >= 4 is 29.3 Å². The van der Waals surface area contributed by atoms with Crippen LogP contribution in [-0.4, -0.2) is 16.9 Å². The summed E-state index contributed by atoms with van der Waals surface area (Å²) in [5, 5.41) is 14.1. The number of hydrogen-bond donors (Lipinski definition) is 1. The van der Waals surface area contributed by atoms with E-state index in [1.165, 1.54) is 6.20 Å². The molecule has 1 aliphatic carbocycles. The number of carbonyl (C=O) groups is 2. The number of anilines is 1. The number of carbonyl (C=O) groups excluding carboxylic acids is 2. The molecule has 1 heterocycles. The third kappa shape index (κ3) is 3.32. The van der Waals surface area contributed by atoms with Gasteiger partial charge in [-0.2, -0.15) is 0 Å². The summed E-state index contributed by atoms with van der Waals surface area (Å²) in [6, 6.07) is 3.16. The highest BCUT2D eigenvalue weighted by Gasteiger charge is 2.29. The molecule has 0 bridgehead atoms. The lowest BCUT2D eigenvalue weighted by molar-refractivity contribution is -0.313. The Morgan fingerprint density at radius 2 is 1.95 bits per heavy atom. The van der Waals surface area contributed by atoms with Gasteiger partial charge in [0.05, 0.1) is 10.9 Å². The molecule has 2 atom stereocenters. The first-order valence-electron chi connectivity index (χ1n) is 5.86. The molecule has 1 amide bonds. The molecule has 19 heavy (non-hydrogen) atoms. The smallest absolute Gasteiger partial charge is 0.229 e. The predicted molar refractivity (Wildman–Crippen MR) is 68.2 cm³/mol. The molecule has 5 nitrogen and oxygen atoms in total. The van der Waals surface area contributed by atoms with E-state index in [0.717, 1.165) is 0 Å². The first kappa shape index (κ1) is 13.5. The highest BCUT2D eigenvalue weighted by molar-refractivity contribution is 6.30. The molecule has 1 N–H and O–H groups in total. The van der Waals surface area contributed by atoms with Crippen molar-refractivity contribution in [2.75, 3.05) is 5.32 Å². The van der Waals surface area contributed by atoms with Crippen LogP contribution in [0, 0.1) is 11.8 Å². The number of aromatic nitrogens is 1. The number of carboxylic acid groups (broad SMARTS) is 1. The molecule has 100 valence electrons. The van der Waals surface area contributed by atoms with Crippen molar-refractivity contribution < 1.29 is 14.7 Å². The van der Waals surface area contributed by atoms with Crippen LogP contribution in [-0.2, 0) is 9.59 Å². The number of allylic oxidation sites excluding steroid dienone is 2. The SMILES string of the molecule is O=C(Nc1ccc(Cl)cn1)[C@H]1CC=CC[C@H]1C(=O)[O-]. The monoisotopic (exact) mass is 279 g/mol. The zero-order valence-electron chi connectivity index (χ0n) is 10.0. The van der Waals surface area contributed by atoms with Gasteiger partial charge in [-0.1, -0.05) is 23.8 Å². The third-order valence-corrected chi connectivity index (χ3v) is 3.27. The van der Waals surface area contributed by atoms with Gasteiger partial charge in [0.2, 0.25) is 5.91 Å². The van der Waals surface area contributed by atoms with Crippen LogP contribution in [0.3, 0.4) is 0 Å². The first-order valence-corrected chi connectivity index (χ1v) is 6.24. The van der Waals surface area contributed by atoms with Crippen molar-refractivity contribution in [3.8, 4) is 0 Å². The Hall–Kier alpha value is -1.88. The number of amides is 1. The maximum atomic E-state index is 12.1. The fraction of sp³-hybridized carbons (Fsp3) is 0.308. The second-order valence-corrected chi connectivity index (χ2v) is 4.76. The van der Waals surface area contributed by atoms with Gasteiger partial charge in [-0.3, -0.25) is 4.79 Å². The van der Waals surface area contributed by atoms with Gasteiger partial charge >= 0.3 is 0 Å². The first-order chi connectivity index (χ1) is 9.08. The zero-order chi connectivity index (χ0) is 13.8. The average molecular weight is 280 g/mol. The Bertz CT molecular complexity index is 513. The van der Waals surface area contributed by atoms with Crippen LogP contribution in [0.25, 0.3) is 0 Å². The number of halogens is 1. The van der Waals surface area contributed by atoms with Crippen molar-refractivity contribution in [1.29, 1.82) is 0 Å². The van der Waals surface area contributed by atoms with Crippen LogP contribution in [0.5, 0.6) is 0 Å². The second-order valence-electron chi connectivity index (χ2n) is 4.33. The molecule has 0 radical (unpaired) electrons. The van der Waals surface area contributed by atoms with E-state index in [4.69, 9.17) is 11.6 Å². The van der Waals surface area contributed by atoms with E-state index in [-0.39, 0.29) is 5.91 Å². The molecule has 1 aromatic rings. The van der Waals surface area contributed by atoms with E-state index in [2.05, 4.69) is 10.3 Å². The summed E-state index contributed by atoms with van der Waals surface area (Å²) in [4.78, 5) is 27.0. The van der Waals surface area contributed by atoms with Gasteiger partial charge in [0.25, 0.3) is 0 Å². The summed E-state index contributed by atoms with van der Waals surface area (Å²) in [6.07, 6.45) is 5.67. The minimum absolute atomic E-state index is 0.314.